The molecule has 0 heterocycles. The number of nitrogens with one attached hydrogen (secondary N) is 1. The Balaban J connectivity index is 2.91. The molecule has 0 bridgehead atoms. The van der Waals surface area contributed by atoms with Gasteiger partial charge in [0.1, 0.15) is 17.2 Å². The maximum atomic E-state index is 11.1. The van der Waals surface area contributed by atoms with Gasteiger partial charge in [-0.15, -0.1) is 11.6 Å². The van der Waals surface area contributed by atoms with Gasteiger partial charge in [0, 0.05) is 11.8 Å². The predicted molar refractivity (Wildman–Crippen MR) is 58.8 cm³/mol. The highest BCUT2D eigenvalue weighted by Gasteiger charge is 2.12. The Morgan fingerprint density at radius 3 is 2.69 bits per heavy atom. The van der Waals surface area contributed by atoms with E-state index >= 15 is 0 Å². The molecule has 16 heavy (non-hydrogen) atoms. The number of alkyl halides is 1. The largest absolute Gasteiger partial charge is 0.507 e. The summed E-state index contributed by atoms with van der Waals surface area (Å²) in [7, 11) is 1.21. The summed E-state index contributed by atoms with van der Waals surface area (Å²) in [6.45, 7) is 0. The quantitative estimate of drug-likeness (QED) is 0.621. The fourth-order valence-corrected chi connectivity index (χ4v) is 1.15. The number of ether oxygens (including phenoxy) is 1. The number of rotatable bonds is 3. The van der Waals surface area contributed by atoms with Gasteiger partial charge in [0.25, 0.3) is 0 Å². The Morgan fingerprint density at radius 1 is 1.50 bits per heavy atom. The van der Waals surface area contributed by atoms with Crippen molar-refractivity contribution in [1.29, 1.82) is 0 Å². The first-order valence-electron chi connectivity index (χ1n) is 4.35. The number of aromatic hydroxyl groups is 1. The molecule has 0 saturated heterocycles. The molecule has 1 amide bonds. The molecular weight excluding hydrogens is 234 g/mol. The first kappa shape index (κ1) is 12.3. The van der Waals surface area contributed by atoms with Crippen molar-refractivity contribution in [3.63, 3.8) is 0 Å². The summed E-state index contributed by atoms with van der Waals surface area (Å²) in [6, 6.07) is 4.07. The molecule has 0 aromatic heterocycles. The number of hydrogen-bond acceptors (Lipinski definition) is 4. The molecule has 86 valence electrons. The van der Waals surface area contributed by atoms with Gasteiger partial charge >= 0.3 is 5.97 Å². The zero-order chi connectivity index (χ0) is 12.1. The minimum Gasteiger partial charge on any atom is -0.507 e. The zero-order valence-corrected chi connectivity index (χ0v) is 9.25. The Morgan fingerprint density at radius 2 is 2.19 bits per heavy atom. The Kier molecular flexibility index (Phi) is 4.13. The van der Waals surface area contributed by atoms with E-state index in [9.17, 15) is 14.7 Å². The molecule has 0 saturated carbocycles. The monoisotopic (exact) mass is 243 g/mol. The second kappa shape index (κ2) is 5.37. The van der Waals surface area contributed by atoms with Gasteiger partial charge < -0.3 is 15.2 Å². The van der Waals surface area contributed by atoms with Gasteiger partial charge in [0.15, 0.2) is 0 Å². The van der Waals surface area contributed by atoms with E-state index in [-0.39, 0.29) is 17.2 Å². The third-order valence-corrected chi connectivity index (χ3v) is 2.05. The van der Waals surface area contributed by atoms with E-state index in [1.807, 2.05) is 0 Å². The van der Waals surface area contributed by atoms with Crippen molar-refractivity contribution >= 4 is 29.2 Å². The molecule has 2 N–H and O–H groups in total. The molecule has 0 radical (unpaired) electrons. The number of anilines is 1. The van der Waals surface area contributed by atoms with Crippen molar-refractivity contribution in [2.24, 2.45) is 0 Å². The lowest BCUT2D eigenvalue weighted by molar-refractivity contribution is -0.113. The van der Waals surface area contributed by atoms with E-state index in [1.165, 1.54) is 25.3 Å². The van der Waals surface area contributed by atoms with Crippen LogP contribution in [0.1, 0.15) is 10.4 Å². The molecule has 1 rings (SSSR count). The van der Waals surface area contributed by atoms with Crippen LogP contribution >= 0.6 is 11.6 Å². The molecule has 1 aromatic rings. The smallest absolute Gasteiger partial charge is 0.341 e. The molecule has 6 heteroatoms. The summed E-state index contributed by atoms with van der Waals surface area (Å²) in [6.07, 6.45) is 0. The molecule has 0 aliphatic heterocycles. The van der Waals surface area contributed by atoms with Crippen molar-refractivity contribution in [2.75, 3.05) is 18.3 Å². The van der Waals surface area contributed by atoms with Gasteiger partial charge in [0.2, 0.25) is 5.91 Å². The highest BCUT2D eigenvalue weighted by Crippen LogP contribution is 2.22. The third kappa shape index (κ3) is 2.87. The number of benzene rings is 1. The van der Waals surface area contributed by atoms with Crippen molar-refractivity contribution in [3.05, 3.63) is 23.8 Å². The number of esters is 1. The summed E-state index contributed by atoms with van der Waals surface area (Å²) >= 11 is 5.30. The second-order valence-corrected chi connectivity index (χ2v) is 3.17. The molecular formula is C10H10ClNO4. The molecule has 0 atom stereocenters. The van der Waals surface area contributed by atoms with Crippen LogP contribution in [0, 0.1) is 0 Å². The van der Waals surface area contributed by atoms with Gasteiger partial charge in [-0.25, -0.2) is 4.79 Å². The summed E-state index contributed by atoms with van der Waals surface area (Å²) in [5.41, 5.74) is 0.391. The number of hydrogen-bond donors (Lipinski definition) is 2. The summed E-state index contributed by atoms with van der Waals surface area (Å²) in [5, 5.41) is 11.9. The summed E-state index contributed by atoms with van der Waals surface area (Å²) in [5.74, 6) is -1.49. The molecule has 0 spiro atoms. The number of halogens is 1. The number of phenolic OH excluding ortho intramolecular Hbond substituents is 1. The lowest BCUT2D eigenvalue weighted by atomic mass is 10.2. The molecule has 0 fully saturated rings. The van der Waals surface area contributed by atoms with Crippen LogP contribution in [0.3, 0.4) is 0 Å². The van der Waals surface area contributed by atoms with E-state index in [0.29, 0.717) is 5.69 Å². The fraction of sp³-hybridized carbons (Fsp3) is 0.200. The van der Waals surface area contributed by atoms with Crippen molar-refractivity contribution in [1.82, 2.24) is 0 Å². The van der Waals surface area contributed by atoms with Crippen LogP contribution in [-0.4, -0.2) is 30.0 Å². The first-order valence-corrected chi connectivity index (χ1v) is 4.89. The average molecular weight is 244 g/mol. The van der Waals surface area contributed by atoms with Crippen LogP contribution in [0.4, 0.5) is 5.69 Å². The van der Waals surface area contributed by atoms with Crippen LogP contribution < -0.4 is 5.32 Å². The normalized spacial score (nSPS) is 9.62. The topological polar surface area (TPSA) is 75.6 Å². The van der Waals surface area contributed by atoms with Gasteiger partial charge in [-0.05, 0) is 12.1 Å². The minimum atomic E-state index is -0.646. The average Bonchev–Trinajstić information content (AvgIpc) is 2.28. The van der Waals surface area contributed by atoms with E-state index in [0.717, 1.165) is 0 Å². The summed E-state index contributed by atoms with van der Waals surface area (Å²) in [4.78, 5) is 22.1. The van der Waals surface area contributed by atoms with E-state index in [4.69, 9.17) is 11.6 Å². The first-order chi connectivity index (χ1) is 7.58. The van der Waals surface area contributed by atoms with E-state index < -0.39 is 11.9 Å². The molecule has 0 aliphatic rings. The van der Waals surface area contributed by atoms with Crippen molar-refractivity contribution in [2.45, 2.75) is 0 Å². The number of phenols is 1. The maximum Gasteiger partial charge on any atom is 0.341 e. The summed E-state index contributed by atoms with van der Waals surface area (Å²) < 4.78 is 4.45. The number of carbonyl (C=O) groups is 2. The zero-order valence-electron chi connectivity index (χ0n) is 8.49. The molecule has 1 aromatic carbocycles. The Labute approximate surface area is 97.0 Å². The Bertz CT molecular complexity index is 419. The minimum absolute atomic E-state index is 0.0337. The highest BCUT2D eigenvalue weighted by atomic mass is 35.5. The number of carbonyl (C=O) groups excluding carboxylic acids is 2. The van der Waals surface area contributed by atoms with Crippen LogP contribution in [-0.2, 0) is 9.53 Å². The Hall–Kier alpha value is -1.75. The second-order valence-electron chi connectivity index (χ2n) is 2.91. The van der Waals surface area contributed by atoms with Crippen LogP contribution in [0.25, 0.3) is 0 Å². The highest BCUT2D eigenvalue weighted by molar-refractivity contribution is 6.29. The molecule has 0 unspecified atom stereocenters. The molecule has 5 nitrogen and oxygen atoms in total. The van der Waals surface area contributed by atoms with Gasteiger partial charge in [0.05, 0.1) is 7.11 Å². The SMILES string of the molecule is COC(=O)c1ccc(NC(=O)CCl)cc1O. The van der Waals surface area contributed by atoms with Crippen molar-refractivity contribution < 1.29 is 19.4 Å². The molecule has 0 aliphatic carbocycles. The van der Waals surface area contributed by atoms with Crippen LogP contribution in [0.15, 0.2) is 18.2 Å². The standard InChI is InChI=1S/C10H10ClNO4/c1-16-10(15)7-3-2-6(4-8(7)13)12-9(14)5-11/h2-4,13H,5H2,1H3,(H,12,14). The lowest BCUT2D eigenvalue weighted by Crippen LogP contribution is -2.12. The third-order valence-electron chi connectivity index (χ3n) is 1.81. The van der Waals surface area contributed by atoms with Crippen molar-refractivity contribution in [3.8, 4) is 5.75 Å². The predicted octanol–water partition coefficient (Wildman–Crippen LogP) is 1.36. The van der Waals surface area contributed by atoms with Crippen LogP contribution in [0.5, 0.6) is 5.75 Å². The maximum absolute atomic E-state index is 11.1. The number of amides is 1. The van der Waals surface area contributed by atoms with E-state index in [2.05, 4.69) is 10.1 Å². The lowest BCUT2D eigenvalue weighted by Gasteiger charge is -2.06. The van der Waals surface area contributed by atoms with E-state index in [1.54, 1.807) is 0 Å². The van der Waals surface area contributed by atoms with Crippen LogP contribution in [0.2, 0.25) is 0 Å². The van der Waals surface area contributed by atoms with Gasteiger partial charge in [-0.1, -0.05) is 0 Å². The number of methoxy groups -OCH3 is 1. The van der Waals surface area contributed by atoms with Gasteiger partial charge in [-0.3, -0.25) is 4.79 Å². The van der Waals surface area contributed by atoms with Gasteiger partial charge in [-0.2, -0.15) is 0 Å². The fourth-order valence-electron chi connectivity index (χ4n) is 1.09.